The van der Waals surface area contributed by atoms with Crippen LogP contribution >= 0.6 is 22.9 Å². The molecule has 0 radical (unpaired) electrons. The third kappa shape index (κ3) is 3.11. The number of carbonyl (C=O) groups excluding carboxylic acids is 1. The molecule has 0 saturated heterocycles. The van der Waals surface area contributed by atoms with Crippen molar-refractivity contribution in [1.29, 1.82) is 0 Å². The molecule has 0 fully saturated rings. The summed E-state index contributed by atoms with van der Waals surface area (Å²) in [6.45, 7) is 0. The van der Waals surface area contributed by atoms with E-state index in [2.05, 4.69) is 5.32 Å². The van der Waals surface area contributed by atoms with Crippen molar-refractivity contribution in [3.63, 3.8) is 0 Å². The number of fused-ring (bicyclic) bond motifs is 1. The largest absolute Gasteiger partial charge is 0.497 e. The number of rotatable bonds is 4. The summed E-state index contributed by atoms with van der Waals surface area (Å²) in [7, 11) is 3.18. The second-order valence-corrected chi connectivity index (χ2v) is 6.22. The number of methoxy groups -OCH3 is 2. The van der Waals surface area contributed by atoms with Gasteiger partial charge in [0, 0.05) is 21.8 Å². The summed E-state index contributed by atoms with van der Waals surface area (Å²) in [6, 6.07) is 12.7. The molecule has 3 aromatic rings. The Morgan fingerprint density at radius 3 is 2.57 bits per heavy atom. The van der Waals surface area contributed by atoms with Crippen molar-refractivity contribution in [2.24, 2.45) is 0 Å². The lowest BCUT2D eigenvalue weighted by Gasteiger charge is -2.06. The average molecular weight is 348 g/mol. The zero-order valence-corrected chi connectivity index (χ0v) is 14.1. The van der Waals surface area contributed by atoms with Gasteiger partial charge in [0.2, 0.25) is 0 Å². The topological polar surface area (TPSA) is 47.6 Å². The fraction of sp³-hybridized carbons (Fsp3) is 0.118. The monoisotopic (exact) mass is 347 g/mol. The van der Waals surface area contributed by atoms with Crippen LogP contribution in [0, 0.1) is 0 Å². The Hall–Kier alpha value is -2.24. The van der Waals surface area contributed by atoms with Crippen LogP contribution in [0.25, 0.3) is 10.1 Å². The van der Waals surface area contributed by atoms with E-state index in [1.807, 2.05) is 30.3 Å². The lowest BCUT2D eigenvalue weighted by atomic mass is 10.2. The Balaban J connectivity index is 1.92. The van der Waals surface area contributed by atoms with E-state index in [0.717, 1.165) is 15.8 Å². The van der Waals surface area contributed by atoms with E-state index < -0.39 is 0 Å². The number of thiophene rings is 1. The SMILES string of the molecule is COc1cccc(NC(=O)c2sc3cc(OC)ccc3c2Cl)c1. The van der Waals surface area contributed by atoms with Crippen LogP contribution in [-0.2, 0) is 0 Å². The van der Waals surface area contributed by atoms with Gasteiger partial charge in [0.15, 0.2) is 0 Å². The molecule has 0 unspecified atom stereocenters. The fourth-order valence-electron chi connectivity index (χ4n) is 2.21. The molecule has 1 amide bonds. The lowest BCUT2D eigenvalue weighted by Crippen LogP contribution is -2.10. The number of ether oxygens (including phenoxy) is 2. The summed E-state index contributed by atoms with van der Waals surface area (Å²) in [5.41, 5.74) is 0.653. The number of amides is 1. The lowest BCUT2D eigenvalue weighted by molar-refractivity contribution is 0.103. The Kier molecular flexibility index (Phi) is 4.41. The molecule has 1 N–H and O–H groups in total. The van der Waals surface area contributed by atoms with Gasteiger partial charge >= 0.3 is 0 Å². The van der Waals surface area contributed by atoms with E-state index in [1.165, 1.54) is 11.3 Å². The highest BCUT2D eigenvalue weighted by atomic mass is 35.5. The van der Waals surface area contributed by atoms with Gasteiger partial charge in [-0.25, -0.2) is 0 Å². The van der Waals surface area contributed by atoms with Gasteiger partial charge in [-0.1, -0.05) is 17.7 Å². The molecule has 0 atom stereocenters. The molecule has 0 bridgehead atoms. The van der Waals surface area contributed by atoms with Gasteiger partial charge in [0.05, 0.1) is 19.2 Å². The van der Waals surface area contributed by atoms with Crippen LogP contribution in [0.5, 0.6) is 11.5 Å². The number of nitrogens with one attached hydrogen (secondary N) is 1. The van der Waals surface area contributed by atoms with Gasteiger partial charge in [-0.3, -0.25) is 4.79 Å². The van der Waals surface area contributed by atoms with E-state index in [-0.39, 0.29) is 5.91 Å². The zero-order valence-electron chi connectivity index (χ0n) is 12.6. The van der Waals surface area contributed by atoms with Crippen molar-refractivity contribution in [3.8, 4) is 11.5 Å². The van der Waals surface area contributed by atoms with Crippen LogP contribution < -0.4 is 14.8 Å². The van der Waals surface area contributed by atoms with Gasteiger partial charge < -0.3 is 14.8 Å². The number of carbonyl (C=O) groups is 1. The maximum atomic E-state index is 12.5. The Morgan fingerprint density at radius 2 is 1.83 bits per heavy atom. The Labute approximate surface area is 142 Å². The first kappa shape index (κ1) is 15.6. The van der Waals surface area contributed by atoms with Crippen molar-refractivity contribution < 1.29 is 14.3 Å². The minimum atomic E-state index is -0.247. The van der Waals surface area contributed by atoms with E-state index in [4.69, 9.17) is 21.1 Å². The van der Waals surface area contributed by atoms with Crippen molar-refractivity contribution in [2.45, 2.75) is 0 Å². The zero-order chi connectivity index (χ0) is 16.4. The third-order valence-corrected chi connectivity index (χ3v) is 5.03. The quantitative estimate of drug-likeness (QED) is 0.735. The summed E-state index contributed by atoms with van der Waals surface area (Å²) in [5, 5.41) is 4.13. The molecule has 118 valence electrons. The van der Waals surface area contributed by atoms with Crippen molar-refractivity contribution in [1.82, 2.24) is 0 Å². The van der Waals surface area contributed by atoms with Crippen LogP contribution in [0.4, 0.5) is 5.69 Å². The molecule has 0 aliphatic carbocycles. The Morgan fingerprint density at radius 1 is 1.09 bits per heavy atom. The maximum Gasteiger partial charge on any atom is 0.267 e. The molecule has 2 aromatic carbocycles. The molecule has 0 saturated carbocycles. The van der Waals surface area contributed by atoms with Gasteiger partial charge in [0.25, 0.3) is 5.91 Å². The third-order valence-electron chi connectivity index (χ3n) is 3.37. The molecule has 3 rings (SSSR count). The van der Waals surface area contributed by atoms with Crippen LogP contribution in [-0.4, -0.2) is 20.1 Å². The molecule has 1 aromatic heterocycles. The first-order valence-corrected chi connectivity index (χ1v) is 8.03. The van der Waals surface area contributed by atoms with Crippen LogP contribution in [0.2, 0.25) is 5.02 Å². The Bertz CT molecular complexity index is 875. The molecular weight excluding hydrogens is 334 g/mol. The minimum Gasteiger partial charge on any atom is -0.497 e. The first-order valence-electron chi connectivity index (χ1n) is 6.84. The van der Waals surface area contributed by atoms with E-state index in [1.54, 1.807) is 26.4 Å². The van der Waals surface area contributed by atoms with E-state index in [0.29, 0.717) is 21.3 Å². The summed E-state index contributed by atoms with van der Waals surface area (Å²) >= 11 is 7.69. The fourth-order valence-corrected chi connectivity index (χ4v) is 3.65. The number of hydrogen-bond donors (Lipinski definition) is 1. The maximum absolute atomic E-state index is 12.5. The van der Waals surface area contributed by atoms with Crippen molar-refractivity contribution >= 4 is 44.6 Å². The first-order chi connectivity index (χ1) is 11.1. The summed E-state index contributed by atoms with van der Waals surface area (Å²) in [6.07, 6.45) is 0. The standard InChI is InChI=1S/C17H14ClNO3S/c1-21-11-5-3-4-10(8-11)19-17(20)16-15(18)13-7-6-12(22-2)9-14(13)23-16/h3-9H,1-2H3,(H,19,20). The van der Waals surface area contributed by atoms with Gasteiger partial charge in [-0.05, 0) is 30.3 Å². The molecule has 0 spiro atoms. The highest BCUT2D eigenvalue weighted by Gasteiger charge is 2.17. The number of halogens is 1. The molecule has 23 heavy (non-hydrogen) atoms. The van der Waals surface area contributed by atoms with Crippen molar-refractivity contribution in [2.75, 3.05) is 19.5 Å². The van der Waals surface area contributed by atoms with Crippen LogP contribution in [0.15, 0.2) is 42.5 Å². The van der Waals surface area contributed by atoms with Gasteiger partial charge in [0.1, 0.15) is 16.4 Å². The molecule has 0 aliphatic heterocycles. The summed E-state index contributed by atoms with van der Waals surface area (Å²) in [4.78, 5) is 13.0. The number of benzene rings is 2. The van der Waals surface area contributed by atoms with Crippen LogP contribution in [0.3, 0.4) is 0 Å². The molecule has 0 aliphatic rings. The van der Waals surface area contributed by atoms with Gasteiger partial charge in [-0.15, -0.1) is 11.3 Å². The highest BCUT2D eigenvalue weighted by Crippen LogP contribution is 2.37. The highest BCUT2D eigenvalue weighted by molar-refractivity contribution is 7.21. The smallest absolute Gasteiger partial charge is 0.267 e. The van der Waals surface area contributed by atoms with Crippen molar-refractivity contribution in [3.05, 3.63) is 52.4 Å². The normalized spacial score (nSPS) is 10.6. The predicted octanol–water partition coefficient (Wildman–Crippen LogP) is 4.82. The molecule has 1 heterocycles. The molecule has 4 nitrogen and oxygen atoms in total. The van der Waals surface area contributed by atoms with Gasteiger partial charge in [-0.2, -0.15) is 0 Å². The summed E-state index contributed by atoms with van der Waals surface area (Å²) < 4.78 is 11.3. The second kappa shape index (κ2) is 6.48. The van der Waals surface area contributed by atoms with E-state index >= 15 is 0 Å². The number of anilines is 1. The van der Waals surface area contributed by atoms with E-state index in [9.17, 15) is 4.79 Å². The average Bonchev–Trinajstić information content (AvgIpc) is 2.91. The molecule has 6 heteroatoms. The predicted molar refractivity (Wildman–Crippen MR) is 94.3 cm³/mol. The van der Waals surface area contributed by atoms with Crippen LogP contribution in [0.1, 0.15) is 9.67 Å². The second-order valence-electron chi connectivity index (χ2n) is 4.79. The summed E-state index contributed by atoms with van der Waals surface area (Å²) in [5.74, 6) is 1.16. The molecular formula is C17H14ClNO3S. The minimum absolute atomic E-state index is 0.247. The number of hydrogen-bond acceptors (Lipinski definition) is 4.